The van der Waals surface area contributed by atoms with Crippen molar-refractivity contribution in [2.75, 3.05) is 5.32 Å². The van der Waals surface area contributed by atoms with Crippen molar-refractivity contribution >= 4 is 23.4 Å². The van der Waals surface area contributed by atoms with E-state index in [2.05, 4.69) is 16.0 Å². The molecule has 23 heavy (non-hydrogen) atoms. The number of rotatable bonds is 5. The van der Waals surface area contributed by atoms with Crippen LogP contribution >= 0.6 is 0 Å². The Labute approximate surface area is 131 Å². The van der Waals surface area contributed by atoms with Crippen LogP contribution < -0.4 is 22.4 Å². The van der Waals surface area contributed by atoms with Crippen molar-refractivity contribution in [3.8, 4) is 0 Å². The standard InChI is InChI=1S/C15H15N5O3/c16-13(19-20-17)9-5-7-10(8-6-9)18-14(21)11-3-1-2-4-12(11)15(22)23/h1-8,20H,17H2,(H2,16,19)(H,18,21)(H,22,23). The quantitative estimate of drug-likeness (QED) is 0.238. The maximum Gasteiger partial charge on any atom is 0.336 e. The number of carbonyl (C=O) groups is 2. The van der Waals surface area contributed by atoms with E-state index in [1.54, 1.807) is 36.4 Å². The molecule has 0 fully saturated rings. The molecule has 0 aromatic heterocycles. The SMILES string of the molecule is NN/N=C(\N)c1ccc(NC(=O)c2ccccc2C(=O)O)cc1. The molecule has 0 saturated heterocycles. The third-order valence-corrected chi connectivity index (χ3v) is 3.03. The van der Waals surface area contributed by atoms with Gasteiger partial charge in [-0.1, -0.05) is 12.1 Å². The number of hydrazone groups is 1. The third-order valence-electron chi connectivity index (χ3n) is 3.03. The first-order valence-corrected chi connectivity index (χ1v) is 6.56. The number of anilines is 1. The molecule has 0 unspecified atom stereocenters. The molecule has 2 rings (SSSR count). The number of hydrogen-bond acceptors (Lipinski definition) is 5. The fraction of sp³-hybridized carbons (Fsp3) is 0. The van der Waals surface area contributed by atoms with E-state index in [1.807, 2.05) is 0 Å². The summed E-state index contributed by atoms with van der Waals surface area (Å²) in [6.07, 6.45) is 0. The van der Waals surface area contributed by atoms with Crippen molar-refractivity contribution in [1.29, 1.82) is 0 Å². The zero-order valence-electron chi connectivity index (χ0n) is 12.0. The lowest BCUT2D eigenvalue weighted by Crippen LogP contribution is -2.23. The van der Waals surface area contributed by atoms with Gasteiger partial charge in [0.1, 0.15) is 0 Å². The fourth-order valence-corrected chi connectivity index (χ4v) is 1.92. The minimum Gasteiger partial charge on any atom is -0.478 e. The largest absolute Gasteiger partial charge is 0.478 e. The Balaban J connectivity index is 2.18. The topological polar surface area (TPSA) is 143 Å². The molecule has 0 spiro atoms. The Morgan fingerprint density at radius 3 is 2.17 bits per heavy atom. The molecule has 0 saturated carbocycles. The normalized spacial score (nSPS) is 10.9. The summed E-state index contributed by atoms with van der Waals surface area (Å²) in [5, 5.41) is 15.4. The third kappa shape index (κ3) is 3.83. The number of nitrogens with two attached hydrogens (primary N) is 2. The summed E-state index contributed by atoms with van der Waals surface area (Å²) in [5.41, 5.74) is 8.87. The van der Waals surface area contributed by atoms with Gasteiger partial charge in [-0.25, -0.2) is 16.2 Å². The molecule has 0 aliphatic carbocycles. The maximum absolute atomic E-state index is 12.2. The van der Waals surface area contributed by atoms with Crippen LogP contribution in [0.4, 0.5) is 5.69 Å². The van der Waals surface area contributed by atoms with Crippen molar-refractivity contribution in [1.82, 2.24) is 5.53 Å². The number of amides is 1. The molecule has 0 atom stereocenters. The predicted molar refractivity (Wildman–Crippen MR) is 85.8 cm³/mol. The highest BCUT2D eigenvalue weighted by molar-refractivity contribution is 6.10. The lowest BCUT2D eigenvalue weighted by atomic mass is 10.1. The van der Waals surface area contributed by atoms with Gasteiger partial charge in [-0.15, -0.1) is 5.10 Å². The van der Waals surface area contributed by atoms with Crippen LogP contribution in [0.1, 0.15) is 26.3 Å². The summed E-state index contributed by atoms with van der Waals surface area (Å²) in [4.78, 5) is 23.3. The summed E-state index contributed by atoms with van der Waals surface area (Å²) in [6, 6.07) is 12.5. The second-order valence-corrected chi connectivity index (χ2v) is 4.51. The van der Waals surface area contributed by atoms with E-state index >= 15 is 0 Å². The number of amidine groups is 1. The molecule has 0 aliphatic heterocycles. The van der Waals surface area contributed by atoms with Gasteiger partial charge in [0.2, 0.25) is 0 Å². The van der Waals surface area contributed by atoms with Crippen LogP contribution in [0, 0.1) is 0 Å². The highest BCUT2D eigenvalue weighted by atomic mass is 16.4. The van der Waals surface area contributed by atoms with Crippen LogP contribution in [0.3, 0.4) is 0 Å². The predicted octanol–water partition coefficient (Wildman–Crippen LogP) is 0.721. The minimum atomic E-state index is -1.16. The van der Waals surface area contributed by atoms with Gasteiger partial charge < -0.3 is 16.2 Å². The van der Waals surface area contributed by atoms with E-state index in [9.17, 15) is 9.59 Å². The molecule has 2 aromatic carbocycles. The summed E-state index contributed by atoms with van der Waals surface area (Å²) in [6.45, 7) is 0. The first-order chi connectivity index (χ1) is 11.0. The zero-order chi connectivity index (χ0) is 16.8. The molecular formula is C15H15N5O3. The van der Waals surface area contributed by atoms with Crippen molar-refractivity contribution in [2.24, 2.45) is 16.7 Å². The Bertz CT molecular complexity index is 756. The van der Waals surface area contributed by atoms with Crippen LogP contribution in [0.15, 0.2) is 53.6 Å². The lowest BCUT2D eigenvalue weighted by molar-refractivity contribution is 0.0692. The molecule has 118 valence electrons. The Kier molecular flexibility index (Phi) is 4.90. The minimum absolute atomic E-state index is 0.0629. The maximum atomic E-state index is 12.2. The Hall–Kier alpha value is -3.39. The Morgan fingerprint density at radius 1 is 1.00 bits per heavy atom. The van der Waals surface area contributed by atoms with Crippen molar-refractivity contribution < 1.29 is 14.7 Å². The van der Waals surface area contributed by atoms with Crippen LogP contribution in [-0.4, -0.2) is 22.8 Å². The molecule has 8 nitrogen and oxygen atoms in total. The molecule has 0 heterocycles. The van der Waals surface area contributed by atoms with E-state index in [-0.39, 0.29) is 17.0 Å². The smallest absolute Gasteiger partial charge is 0.336 e. The van der Waals surface area contributed by atoms with Crippen LogP contribution in [0.2, 0.25) is 0 Å². The number of hydrogen-bond donors (Lipinski definition) is 5. The number of carbonyl (C=O) groups excluding carboxylic acids is 1. The fourth-order valence-electron chi connectivity index (χ4n) is 1.92. The van der Waals surface area contributed by atoms with E-state index in [1.165, 1.54) is 12.1 Å². The number of hydrazine groups is 1. The molecule has 2 aromatic rings. The summed E-state index contributed by atoms with van der Waals surface area (Å²) >= 11 is 0. The number of nitrogens with zero attached hydrogens (tertiary/aromatic N) is 1. The molecule has 0 aliphatic rings. The number of nitrogens with one attached hydrogen (secondary N) is 2. The number of carboxylic acids is 1. The number of aromatic carboxylic acids is 1. The van der Waals surface area contributed by atoms with Crippen LogP contribution in [0.25, 0.3) is 0 Å². The lowest BCUT2D eigenvalue weighted by Gasteiger charge is -2.08. The average Bonchev–Trinajstić information content (AvgIpc) is 2.55. The van der Waals surface area contributed by atoms with E-state index in [0.29, 0.717) is 11.3 Å². The highest BCUT2D eigenvalue weighted by Crippen LogP contribution is 2.14. The summed E-state index contributed by atoms with van der Waals surface area (Å²) < 4.78 is 0. The van der Waals surface area contributed by atoms with Crippen molar-refractivity contribution in [2.45, 2.75) is 0 Å². The van der Waals surface area contributed by atoms with Gasteiger partial charge in [0.15, 0.2) is 5.84 Å². The molecule has 1 amide bonds. The molecule has 0 radical (unpaired) electrons. The van der Waals surface area contributed by atoms with Crippen molar-refractivity contribution in [3.63, 3.8) is 0 Å². The average molecular weight is 313 g/mol. The first-order valence-electron chi connectivity index (χ1n) is 6.56. The summed E-state index contributed by atoms with van der Waals surface area (Å²) in [7, 11) is 0. The molecule has 7 N–H and O–H groups in total. The Morgan fingerprint density at radius 2 is 1.61 bits per heavy atom. The van der Waals surface area contributed by atoms with Crippen molar-refractivity contribution in [3.05, 3.63) is 65.2 Å². The van der Waals surface area contributed by atoms with E-state index in [4.69, 9.17) is 16.7 Å². The van der Waals surface area contributed by atoms with Gasteiger partial charge >= 0.3 is 5.97 Å². The number of carboxylic acid groups (broad SMARTS) is 1. The highest BCUT2D eigenvalue weighted by Gasteiger charge is 2.15. The number of benzene rings is 2. The van der Waals surface area contributed by atoms with Gasteiger partial charge in [-0.05, 0) is 36.4 Å². The zero-order valence-corrected chi connectivity index (χ0v) is 12.0. The van der Waals surface area contributed by atoms with Gasteiger partial charge in [-0.2, -0.15) is 0 Å². The second-order valence-electron chi connectivity index (χ2n) is 4.51. The van der Waals surface area contributed by atoms with Crippen LogP contribution in [0.5, 0.6) is 0 Å². The second kappa shape index (κ2) is 7.05. The van der Waals surface area contributed by atoms with Gasteiger partial charge in [0.25, 0.3) is 5.91 Å². The van der Waals surface area contributed by atoms with E-state index < -0.39 is 11.9 Å². The first kappa shape index (κ1) is 16.0. The van der Waals surface area contributed by atoms with Gasteiger partial charge in [0.05, 0.1) is 11.1 Å². The molecule has 8 heteroatoms. The van der Waals surface area contributed by atoms with Gasteiger partial charge in [0, 0.05) is 11.3 Å². The van der Waals surface area contributed by atoms with Gasteiger partial charge in [-0.3, -0.25) is 4.79 Å². The molecule has 0 bridgehead atoms. The van der Waals surface area contributed by atoms with Crippen LogP contribution in [-0.2, 0) is 0 Å². The van der Waals surface area contributed by atoms with E-state index in [0.717, 1.165) is 0 Å². The summed E-state index contributed by atoms with van der Waals surface area (Å²) in [5.74, 6) is 3.56. The molecular weight excluding hydrogens is 298 g/mol. The monoisotopic (exact) mass is 313 g/mol.